The Bertz CT molecular complexity index is 1250. The van der Waals surface area contributed by atoms with Gasteiger partial charge in [0.25, 0.3) is 0 Å². The van der Waals surface area contributed by atoms with Gasteiger partial charge in [-0.1, -0.05) is 81.9 Å². The maximum atomic E-state index is 13.2. The van der Waals surface area contributed by atoms with Crippen molar-refractivity contribution in [2.45, 2.75) is 59.3 Å². The van der Waals surface area contributed by atoms with Gasteiger partial charge in [0.2, 0.25) is 5.91 Å². The molecular formula is C28H35Cl2N5O2. The molecule has 9 heteroatoms. The van der Waals surface area contributed by atoms with Crippen LogP contribution in [0.3, 0.4) is 0 Å². The van der Waals surface area contributed by atoms with Gasteiger partial charge in [0.1, 0.15) is 12.4 Å². The summed E-state index contributed by atoms with van der Waals surface area (Å²) in [4.78, 5) is 27.9. The third-order valence-electron chi connectivity index (χ3n) is 5.91. The number of hydrogen-bond donors (Lipinski definition) is 2. The number of urea groups is 1. The quantitative estimate of drug-likeness (QED) is 0.275. The number of carbonyl (C=O) groups is 2. The number of halogens is 2. The second-order valence-corrected chi connectivity index (χ2v) is 10.9. The highest BCUT2D eigenvalue weighted by molar-refractivity contribution is 6.36. The molecule has 3 rings (SSSR count). The summed E-state index contributed by atoms with van der Waals surface area (Å²) in [5, 5.41) is 11.4. The molecule has 0 saturated heterocycles. The maximum Gasteiger partial charge on any atom is 0.322 e. The van der Waals surface area contributed by atoms with Crippen molar-refractivity contribution in [2.24, 2.45) is 0 Å². The molecule has 0 aliphatic rings. The molecule has 198 valence electrons. The Hall–Kier alpha value is -3.03. The minimum Gasteiger partial charge on any atom is -0.315 e. The zero-order valence-electron chi connectivity index (χ0n) is 22.1. The van der Waals surface area contributed by atoms with Crippen LogP contribution in [0.15, 0.2) is 48.5 Å². The molecule has 7 nitrogen and oxygen atoms in total. The largest absolute Gasteiger partial charge is 0.322 e. The summed E-state index contributed by atoms with van der Waals surface area (Å²) in [5.41, 5.74) is 2.98. The van der Waals surface area contributed by atoms with Gasteiger partial charge in [0.05, 0.1) is 22.1 Å². The molecule has 0 atom stereocenters. The van der Waals surface area contributed by atoms with Gasteiger partial charge in [-0.2, -0.15) is 5.10 Å². The predicted octanol–water partition coefficient (Wildman–Crippen LogP) is 7.45. The van der Waals surface area contributed by atoms with E-state index in [0.29, 0.717) is 28.1 Å². The number of nitrogens with zero attached hydrogens (tertiary/aromatic N) is 3. The van der Waals surface area contributed by atoms with Crippen LogP contribution in [0.4, 0.5) is 16.3 Å². The van der Waals surface area contributed by atoms with E-state index in [0.717, 1.165) is 36.2 Å². The van der Waals surface area contributed by atoms with Crippen LogP contribution in [0.2, 0.25) is 10.0 Å². The fraction of sp³-hybridized carbons (Fsp3) is 0.393. The first-order valence-electron chi connectivity index (χ1n) is 12.5. The molecular weight excluding hydrogens is 509 g/mol. The van der Waals surface area contributed by atoms with E-state index in [1.54, 1.807) is 22.9 Å². The lowest BCUT2D eigenvalue weighted by Gasteiger charge is -2.23. The summed E-state index contributed by atoms with van der Waals surface area (Å²) in [6.07, 6.45) is 2.72. The molecule has 1 heterocycles. The summed E-state index contributed by atoms with van der Waals surface area (Å²) in [6, 6.07) is 14.2. The number of para-hydroxylation sites is 1. The topological polar surface area (TPSA) is 79.3 Å². The molecule has 0 bridgehead atoms. The molecule has 0 fully saturated rings. The standard InChI is InChI=1S/C28H35Cl2N5O2/c1-6-7-10-15-34(27(37)31-22-14-13-20(29)16-21(22)30)18-26(36)32-25-17-24(28(3,4)5)33-35(25)23-12-9-8-11-19(23)2/h8-9,11-14,16-17H,6-7,10,15,18H2,1-5H3,(H,31,37)(H,32,36). The van der Waals surface area contributed by atoms with Gasteiger partial charge in [-0.15, -0.1) is 0 Å². The number of anilines is 2. The molecule has 0 unspecified atom stereocenters. The summed E-state index contributed by atoms with van der Waals surface area (Å²) < 4.78 is 1.75. The summed E-state index contributed by atoms with van der Waals surface area (Å²) in [7, 11) is 0. The Balaban J connectivity index is 1.82. The number of nitrogens with one attached hydrogen (secondary N) is 2. The lowest BCUT2D eigenvalue weighted by atomic mass is 9.92. The molecule has 37 heavy (non-hydrogen) atoms. The molecule has 0 saturated carbocycles. The van der Waals surface area contributed by atoms with E-state index >= 15 is 0 Å². The van der Waals surface area contributed by atoms with E-state index in [1.165, 1.54) is 4.90 Å². The predicted molar refractivity (Wildman–Crippen MR) is 152 cm³/mol. The van der Waals surface area contributed by atoms with Crippen LogP contribution >= 0.6 is 23.2 Å². The zero-order chi connectivity index (χ0) is 27.2. The monoisotopic (exact) mass is 543 g/mol. The summed E-state index contributed by atoms with van der Waals surface area (Å²) in [5.74, 6) is 0.239. The fourth-order valence-corrected chi connectivity index (χ4v) is 4.22. The SMILES string of the molecule is CCCCCN(CC(=O)Nc1cc(C(C)(C)C)nn1-c1ccccc1C)C(=O)Nc1ccc(Cl)cc1Cl. The van der Waals surface area contributed by atoms with Gasteiger partial charge in [0.15, 0.2) is 0 Å². The highest BCUT2D eigenvalue weighted by Gasteiger charge is 2.24. The van der Waals surface area contributed by atoms with Gasteiger partial charge in [-0.25, -0.2) is 9.48 Å². The number of carbonyl (C=O) groups excluding carboxylic acids is 2. The van der Waals surface area contributed by atoms with Crippen LogP contribution in [0.25, 0.3) is 5.69 Å². The summed E-state index contributed by atoms with van der Waals surface area (Å²) >= 11 is 12.2. The number of rotatable bonds is 9. The lowest BCUT2D eigenvalue weighted by molar-refractivity contribution is -0.116. The normalized spacial score (nSPS) is 11.3. The van der Waals surface area contributed by atoms with Crippen molar-refractivity contribution < 1.29 is 9.59 Å². The minimum atomic E-state index is -0.404. The Kier molecular flexibility index (Phi) is 9.62. The van der Waals surface area contributed by atoms with Crippen molar-refractivity contribution in [2.75, 3.05) is 23.7 Å². The number of hydrogen-bond acceptors (Lipinski definition) is 3. The van der Waals surface area contributed by atoms with Gasteiger partial charge in [-0.05, 0) is 43.2 Å². The van der Waals surface area contributed by atoms with Crippen LogP contribution in [0, 0.1) is 6.92 Å². The number of aromatic nitrogens is 2. The molecule has 2 aromatic carbocycles. The minimum absolute atomic E-state index is 0.120. The molecule has 0 radical (unpaired) electrons. The van der Waals surface area contributed by atoms with Gasteiger partial charge in [0, 0.05) is 23.0 Å². The highest BCUT2D eigenvalue weighted by Crippen LogP contribution is 2.28. The molecule has 2 N–H and O–H groups in total. The lowest BCUT2D eigenvalue weighted by Crippen LogP contribution is -2.41. The molecule has 3 amide bonds. The summed E-state index contributed by atoms with van der Waals surface area (Å²) in [6.45, 7) is 10.6. The van der Waals surface area contributed by atoms with Crippen LogP contribution in [0.5, 0.6) is 0 Å². The van der Waals surface area contributed by atoms with E-state index in [2.05, 4.69) is 38.3 Å². The number of benzene rings is 2. The van der Waals surface area contributed by atoms with E-state index in [9.17, 15) is 9.59 Å². The first kappa shape index (κ1) is 28.5. The number of unbranched alkanes of at least 4 members (excludes halogenated alkanes) is 2. The second-order valence-electron chi connectivity index (χ2n) is 10.1. The van der Waals surface area contributed by atoms with Crippen molar-refractivity contribution in [3.05, 3.63) is 69.8 Å². The Morgan fingerprint density at radius 2 is 1.76 bits per heavy atom. The molecule has 0 aliphatic carbocycles. The zero-order valence-corrected chi connectivity index (χ0v) is 23.6. The average molecular weight is 545 g/mol. The Labute approximate surface area is 229 Å². The van der Waals surface area contributed by atoms with Crippen LogP contribution in [-0.2, 0) is 10.2 Å². The van der Waals surface area contributed by atoms with Crippen molar-refractivity contribution >= 4 is 46.6 Å². The first-order valence-corrected chi connectivity index (χ1v) is 13.2. The third-order valence-corrected chi connectivity index (χ3v) is 6.46. The number of aryl methyl sites for hydroxylation is 1. The van der Waals surface area contributed by atoms with E-state index in [4.69, 9.17) is 28.3 Å². The number of amides is 3. The van der Waals surface area contributed by atoms with Gasteiger partial charge < -0.3 is 15.5 Å². The first-order chi connectivity index (χ1) is 17.5. The van der Waals surface area contributed by atoms with E-state index < -0.39 is 6.03 Å². The van der Waals surface area contributed by atoms with Crippen LogP contribution in [0.1, 0.15) is 58.2 Å². The average Bonchev–Trinajstić information content (AvgIpc) is 3.24. The molecule has 0 aliphatic heterocycles. The van der Waals surface area contributed by atoms with Crippen molar-refractivity contribution in [1.29, 1.82) is 0 Å². The van der Waals surface area contributed by atoms with Crippen LogP contribution < -0.4 is 10.6 Å². The van der Waals surface area contributed by atoms with E-state index in [1.807, 2.05) is 37.3 Å². The Morgan fingerprint density at radius 3 is 2.41 bits per heavy atom. The smallest absolute Gasteiger partial charge is 0.315 e. The van der Waals surface area contributed by atoms with Crippen molar-refractivity contribution in [1.82, 2.24) is 14.7 Å². The maximum absolute atomic E-state index is 13.2. The fourth-order valence-electron chi connectivity index (χ4n) is 3.77. The second kappa shape index (κ2) is 12.5. The van der Waals surface area contributed by atoms with Gasteiger partial charge in [-0.3, -0.25) is 4.79 Å². The highest BCUT2D eigenvalue weighted by atomic mass is 35.5. The van der Waals surface area contributed by atoms with Gasteiger partial charge >= 0.3 is 6.03 Å². The van der Waals surface area contributed by atoms with Crippen molar-refractivity contribution in [3.63, 3.8) is 0 Å². The van der Waals surface area contributed by atoms with E-state index in [-0.39, 0.29) is 17.9 Å². The van der Waals surface area contributed by atoms with Crippen molar-refractivity contribution in [3.8, 4) is 5.69 Å². The Morgan fingerprint density at radius 1 is 1.03 bits per heavy atom. The van der Waals surface area contributed by atoms with Crippen LogP contribution in [-0.4, -0.2) is 39.7 Å². The molecule has 1 aromatic heterocycles. The molecule has 3 aromatic rings. The molecule has 0 spiro atoms. The third kappa shape index (κ3) is 7.73.